The van der Waals surface area contributed by atoms with E-state index in [0.717, 1.165) is 0 Å². The van der Waals surface area contributed by atoms with Gasteiger partial charge in [-0.25, -0.2) is 8.60 Å². The normalized spacial score (nSPS) is 15.5. The van der Waals surface area contributed by atoms with Gasteiger partial charge in [0.2, 0.25) is 0 Å². The predicted octanol–water partition coefficient (Wildman–Crippen LogP) is 4.00. The largest absolute Gasteiger partial charge is 0.481 e. The van der Waals surface area contributed by atoms with Crippen LogP contribution >= 0.6 is 0 Å². The molecule has 0 aliphatic heterocycles. The van der Waals surface area contributed by atoms with E-state index in [1.165, 1.54) is 12.3 Å². The molecular weight excluding hydrogens is 329 g/mol. The van der Waals surface area contributed by atoms with E-state index >= 15 is 0 Å². The van der Waals surface area contributed by atoms with Gasteiger partial charge in [0, 0.05) is 11.8 Å². The Morgan fingerprint density at radius 2 is 1.88 bits per heavy atom. The van der Waals surface area contributed by atoms with Crippen LogP contribution in [0, 0.1) is 17.2 Å². The van der Waals surface area contributed by atoms with Crippen molar-refractivity contribution < 1.29 is 18.5 Å². The Bertz CT molecular complexity index is 657. The number of hydrogen-bond donors (Lipinski definition) is 1. The first kappa shape index (κ1) is 20.5. The van der Waals surface area contributed by atoms with E-state index in [9.17, 15) is 18.5 Å². The average Bonchev–Trinajstić information content (AvgIpc) is 2.40. The average molecular weight is 355 g/mol. The number of aliphatic carboxylic acids is 1. The molecule has 0 saturated heterocycles. The monoisotopic (exact) mass is 355 g/mol. The number of nitrogens with zero attached hydrogens (tertiary/aromatic N) is 1. The van der Waals surface area contributed by atoms with Gasteiger partial charge in [0.1, 0.15) is 16.8 Å². The van der Waals surface area contributed by atoms with Crippen molar-refractivity contribution in [1.29, 1.82) is 0 Å². The quantitative estimate of drug-likeness (QED) is 0.812. The first-order valence-corrected chi connectivity index (χ1v) is 8.91. The van der Waals surface area contributed by atoms with Gasteiger partial charge in [-0.2, -0.15) is 4.40 Å². The molecule has 0 radical (unpaired) electrons. The molecule has 0 heterocycles. The molecule has 6 heteroatoms. The standard InChI is InChI=1S/C18H26FNO3S/c1-17(2,3)14(16(21)22)10-12-8-7-9-15(19)13(12)11-20-24(23)18(4,5)6/h7-9,11,14H,10H2,1-6H3,(H,21,22)/t14?,24-/m1/s1. The van der Waals surface area contributed by atoms with Gasteiger partial charge >= 0.3 is 5.97 Å². The minimum Gasteiger partial charge on any atom is -0.481 e. The fourth-order valence-corrected chi connectivity index (χ4v) is 2.66. The number of halogens is 1. The number of benzene rings is 1. The number of carboxylic acid groups (broad SMARTS) is 1. The minimum absolute atomic E-state index is 0.181. The van der Waals surface area contributed by atoms with Crippen LogP contribution in [0.3, 0.4) is 0 Å². The van der Waals surface area contributed by atoms with Crippen molar-refractivity contribution in [3.63, 3.8) is 0 Å². The Morgan fingerprint density at radius 1 is 1.29 bits per heavy atom. The van der Waals surface area contributed by atoms with Gasteiger partial charge in [-0.05, 0) is 44.2 Å². The lowest BCUT2D eigenvalue weighted by molar-refractivity contribution is -0.145. The van der Waals surface area contributed by atoms with Gasteiger partial charge in [-0.3, -0.25) is 4.79 Å². The number of carbonyl (C=O) groups is 1. The van der Waals surface area contributed by atoms with Crippen molar-refractivity contribution in [2.24, 2.45) is 15.7 Å². The Balaban J connectivity index is 3.23. The van der Waals surface area contributed by atoms with E-state index in [1.807, 2.05) is 20.8 Å². The molecule has 134 valence electrons. The van der Waals surface area contributed by atoms with Gasteiger partial charge in [-0.1, -0.05) is 32.9 Å². The van der Waals surface area contributed by atoms with Gasteiger partial charge in [0.15, 0.2) is 0 Å². The zero-order valence-corrected chi connectivity index (χ0v) is 15.9. The molecule has 1 rings (SSSR count). The van der Waals surface area contributed by atoms with E-state index in [4.69, 9.17) is 0 Å². The molecule has 24 heavy (non-hydrogen) atoms. The Hall–Kier alpha value is -1.56. The van der Waals surface area contributed by atoms with Crippen LogP contribution in [0.2, 0.25) is 0 Å². The molecule has 1 aromatic rings. The van der Waals surface area contributed by atoms with Crippen LogP contribution in [0.1, 0.15) is 52.7 Å². The molecule has 0 aromatic heterocycles. The van der Waals surface area contributed by atoms with Crippen LogP contribution in [0.25, 0.3) is 0 Å². The third kappa shape index (κ3) is 5.51. The second-order valence-electron chi connectivity index (χ2n) is 7.87. The molecule has 0 bridgehead atoms. The van der Waals surface area contributed by atoms with Crippen molar-refractivity contribution in [2.75, 3.05) is 0 Å². The smallest absolute Gasteiger partial charge is 0.307 e. The highest BCUT2D eigenvalue weighted by atomic mass is 32.2. The lowest BCUT2D eigenvalue weighted by Crippen LogP contribution is -2.30. The number of rotatable bonds is 5. The highest BCUT2D eigenvalue weighted by Gasteiger charge is 2.32. The van der Waals surface area contributed by atoms with E-state index in [2.05, 4.69) is 4.40 Å². The Morgan fingerprint density at radius 3 is 2.33 bits per heavy atom. The molecule has 1 unspecified atom stereocenters. The Kier molecular flexibility index (Phi) is 6.45. The minimum atomic E-state index is -1.51. The highest BCUT2D eigenvalue weighted by molar-refractivity contribution is 7.85. The van der Waals surface area contributed by atoms with Crippen molar-refractivity contribution in [2.45, 2.75) is 52.7 Å². The lowest BCUT2D eigenvalue weighted by Gasteiger charge is -2.27. The number of hydrogen-bond acceptors (Lipinski definition) is 2. The summed E-state index contributed by atoms with van der Waals surface area (Å²) in [4.78, 5) is 11.6. The molecule has 2 atom stereocenters. The van der Waals surface area contributed by atoms with Crippen LogP contribution < -0.4 is 0 Å². The van der Waals surface area contributed by atoms with Gasteiger partial charge in [0.25, 0.3) is 0 Å². The fraction of sp³-hybridized carbons (Fsp3) is 0.556. The second-order valence-corrected chi connectivity index (χ2v) is 9.80. The summed E-state index contributed by atoms with van der Waals surface area (Å²) in [5, 5.41) is 9.48. The molecule has 0 aliphatic rings. The van der Waals surface area contributed by atoms with E-state index in [-0.39, 0.29) is 12.0 Å². The molecule has 0 spiro atoms. The maximum atomic E-state index is 14.2. The molecule has 0 fully saturated rings. The van der Waals surface area contributed by atoms with Crippen molar-refractivity contribution >= 4 is 23.2 Å². The highest BCUT2D eigenvalue weighted by Crippen LogP contribution is 2.30. The van der Waals surface area contributed by atoms with E-state index in [1.54, 1.807) is 32.9 Å². The molecule has 0 aliphatic carbocycles. The van der Waals surface area contributed by atoms with Crippen LogP contribution in [0.4, 0.5) is 4.39 Å². The molecule has 0 amide bonds. The topological polar surface area (TPSA) is 66.7 Å². The van der Waals surface area contributed by atoms with Gasteiger partial charge in [-0.15, -0.1) is 0 Å². The first-order valence-electron chi connectivity index (χ1n) is 7.80. The Labute approximate surface area is 145 Å². The zero-order chi connectivity index (χ0) is 18.7. The first-order chi connectivity index (χ1) is 10.8. The molecule has 4 nitrogen and oxygen atoms in total. The van der Waals surface area contributed by atoms with Crippen molar-refractivity contribution in [3.8, 4) is 0 Å². The molecular formula is C18H26FNO3S. The third-order valence-corrected chi connectivity index (χ3v) is 5.06. The molecule has 0 saturated carbocycles. The van der Waals surface area contributed by atoms with Crippen LogP contribution in [0.5, 0.6) is 0 Å². The maximum Gasteiger partial charge on any atom is 0.307 e. The summed E-state index contributed by atoms with van der Waals surface area (Å²) in [5.74, 6) is -2.09. The zero-order valence-electron chi connectivity index (χ0n) is 15.1. The lowest BCUT2D eigenvalue weighted by atomic mass is 9.76. The van der Waals surface area contributed by atoms with Gasteiger partial charge < -0.3 is 5.11 Å². The van der Waals surface area contributed by atoms with Gasteiger partial charge in [0.05, 0.1) is 10.7 Å². The summed E-state index contributed by atoms with van der Waals surface area (Å²) in [6, 6.07) is 4.52. The SMILES string of the molecule is CC(C)(C)C(Cc1cccc(F)c1C=N[S@](=O)C(C)(C)C)C(=O)O. The van der Waals surface area contributed by atoms with E-state index in [0.29, 0.717) is 5.56 Å². The van der Waals surface area contributed by atoms with Crippen LogP contribution in [-0.2, 0) is 22.2 Å². The maximum absolute atomic E-state index is 14.2. The summed E-state index contributed by atoms with van der Waals surface area (Å²) in [7, 11) is -1.51. The molecule has 1 N–H and O–H groups in total. The summed E-state index contributed by atoms with van der Waals surface area (Å²) < 4.78 is 29.7. The molecule has 1 aromatic carbocycles. The summed E-state index contributed by atoms with van der Waals surface area (Å²) in [6.45, 7) is 10.9. The summed E-state index contributed by atoms with van der Waals surface area (Å²) >= 11 is 0. The van der Waals surface area contributed by atoms with E-state index < -0.39 is 38.9 Å². The second kappa shape index (κ2) is 7.55. The fourth-order valence-electron chi connectivity index (χ4n) is 2.15. The van der Waals surface area contributed by atoms with Crippen LogP contribution in [-0.4, -0.2) is 26.2 Å². The predicted molar refractivity (Wildman–Crippen MR) is 96.2 cm³/mol. The number of carboxylic acids is 1. The van der Waals surface area contributed by atoms with Crippen molar-refractivity contribution in [1.82, 2.24) is 0 Å². The summed E-state index contributed by atoms with van der Waals surface area (Å²) in [6.07, 6.45) is 1.44. The summed E-state index contributed by atoms with van der Waals surface area (Å²) in [5.41, 5.74) is 0.276. The third-order valence-electron chi connectivity index (χ3n) is 3.71. The van der Waals surface area contributed by atoms with Crippen molar-refractivity contribution in [3.05, 3.63) is 35.1 Å². The van der Waals surface area contributed by atoms with Crippen LogP contribution in [0.15, 0.2) is 22.6 Å².